The summed E-state index contributed by atoms with van der Waals surface area (Å²) in [5, 5.41) is 14.4. The summed E-state index contributed by atoms with van der Waals surface area (Å²) >= 11 is 6.09. The monoisotopic (exact) mass is 253 g/mol. The molecule has 0 spiro atoms. The standard InChI is InChI=1S/C13H16ClNO2/c14-9-6-8-3-5-17-13(8)10(7-9)12(16)11-2-1-4-15-11/h6-7,11-12,15-16H,1-5H2. The topological polar surface area (TPSA) is 41.5 Å². The maximum absolute atomic E-state index is 10.4. The van der Waals surface area contributed by atoms with E-state index in [4.69, 9.17) is 16.3 Å². The van der Waals surface area contributed by atoms with E-state index in [1.165, 1.54) is 0 Å². The van der Waals surface area contributed by atoms with Gasteiger partial charge < -0.3 is 15.2 Å². The number of ether oxygens (including phenoxy) is 1. The summed E-state index contributed by atoms with van der Waals surface area (Å²) in [6, 6.07) is 3.89. The Hall–Kier alpha value is -0.770. The first-order valence-corrected chi connectivity index (χ1v) is 6.50. The van der Waals surface area contributed by atoms with E-state index < -0.39 is 6.10 Å². The molecule has 0 aliphatic carbocycles. The zero-order valence-electron chi connectivity index (χ0n) is 9.58. The van der Waals surface area contributed by atoms with Crippen molar-refractivity contribution in [2.45, 2.75) is 31.4 Å². The van der Waals surface area contributed by atoms with Gasteiger partial charge in [-0.1, -0.05) is 11.6 Å². The Bertz CT molecular complexity index is 430. The maximum atomic E-state index is 10.4. The molecule has 2 aliphatic rings. The minimum absolute atomic E-state index is 0.127. The molecule has 4 heteroatoms. The molecule has 2 atom stereocenters. The molecule has 92 valence electrons. The summed E-state index contributed by atoms with van der Waals surface area (Å²) in [4.78, 5) is 0. The predicted octanol–water partition coefficient (Wildman–Crippen LogP) is 2.06. The maximum Gasteiger partial charge on any atom is 0.128 e. The molecular weight excluding hydrogens is 238 g/mol. The second-order valence-electron chi connectivity index (χ2n) is 4.73. The van der Waals surface area contributed by atoms with Gasteiger partial charge >= 0.3 is 0 Å². The van der Waals surface area contributed by atoms with Gasteiger partial charge in [-0.05, 0) is 37.1 Å². The molecule has 1 saturated heterocycles. The molecule has 0 amide bonds. The Labute approximate surface area is 106 Å². The van der Waals surface area contributed by atoms with Crippen LogP contribution in [-0.4, -0.2) is 24.3 Å². The van der Waals surface area contributed by atoms with Crippen molar-refractivity contribution >= 4 is 11.6 Å². The normalized spacial score (nSPS) is 24.5. The number of aliphatic hydroxyl groups excluding tert-OH is 1. The molecule has 2 N–H and O–H groups in total. The van der Waals surface area contributed by atoms with E-state index in [0.29, 0.717) is 11.6 Å². The molecule has 2 aliphatic heterocycles. The van der Waals surface area contributed by atoms with E-state index >= 15 is 0 Å². The highest BCUT2D eigenvalue weighted by molar-refractivity contribution is 6.30. The van der Waals surface area contributed by atoms with Crippen LogP contribution in [-0.2, 0) is 6.42 Å². The molecule has 0 radical (unpaired) electrons. The molecule has 1 aromatic rings. The van der Waals surface area contributed by atoms with E-state index in [0.717, 1.165) is 42.7 Å². The Balaban J connectivity index is 1.96. The second-order valence-corrected chi connectivity index (χ2v) is 5.17. The Kier molecular flexibility index (Phi) is 2.99. The first-order chi connectivity index (χ1) is 8.25. The van der Waals surface area contributed by atoms with Crippen LogP contribution in [0.1, 0.15) is 30.1 Å². The molecule has 0 saturated carbocycles. The predicted molar refractivity (Wildman–Crippen MR) is 66.6 cm³/mol. The number of halogens is 1. The van der Waals surface area contributed by atoms with Gasteiger partial charge in [-0.25, -0.2) is 0 Å². The van der Waals surface area contributed by atoms with Crippen molar-refractivity contribution in [3.63, 3.8) is 0 Å². The van der Waals surface area contributed by atoms with Crippen LogP contribution in [0, 0.1) is 0 Å². The fraction of sp³-hybridized carbons (Fsp3) is 0.538. The lowest BCUT2D eigenvalue weighted by atomic mass is 9.98. The summed E-state index contributed by atoms with van der Waals surface area (Å²) in [5.41, 5.74) is 1.95. The molecule has 0 bridgehead atoms. The molecule has 3 rings (SSSR count). The van der Waals surface area contributed by atoms with Gasteiger partial charge in [-0.15, -0.1) is 0 Å². The first-order valence-electron chi connectivity index (χ1n) is 6.12. The Morgan fingerprint density at radius 3 is 3.12 bits per heavy atom. The molecule has 17 heavy (non-hydrogen) atoms. The van der Waals surface area contributed by atoms with Crippen LogP contribution in [0.5, 0.6) is 5.75 Å². The van der Waals surface area contributed by atoms with Gasteiger partial charge in [-0.3, -0.25) is 0 Å². The summed E-state index contributed by atoms with van der Waals surface area (Å²) in [5.74, 6) is 0.843. The highest BCUT2D eigenvalue weighted by Gasteiger charge is 2.29. The molecule has 1 fully saturated rings. The van der Waals surface area contributed by atoms with E-state index in [-0.39, 0.29) is 6.04 Å². The van der Waals surface area contributed by atoms with Crippen LogP contribution in [0.25, 0.3) is 0 Å². The van der Waals surface area contributed by atoms with Gasteiger partial charge in [0.1, 0.15) is 5.75 Å². The van der Waals surface area contributed by atoms with Crippen LogP contribution in [0.2, 0.25) is 5.02 Å². The average molecular weight is 254 g/mol. The van der Waals surface area contributed by atoms with Crippen LogP contribution in [0.4, 0.5) is 0 Å². The molecule has 0 aromatic heterocycles. The van der Waals surface area contributed by atoms with Gasteiger partial charge in [-0.2, -0.15) is 0 Å². The van der Waals surface area contributed by atoms with Gasteiger partial charge in [0.15, 0.2) is 0 Å². The summed E-state index contributed by atoms with van der Waals surface area (Å²) in [6.45, 7) is 1.67. The van der Waals surface area contributed by atoms with Gasteiger partial charge in [0.25, 0.3) is 0 Å². The van der Waals surface area contributed by atoms with E-state index in [1.807, 2.05) is 12.1 Å². The van der Waals surface area contributed by atoms with Crippen molar-refractivity contribution in [3.05, 3.63) is 28.3 Å². The highest BCUT2D eigenvalue weighted by Crippen LogP contribution is 2.38. The second kappa shape index (κ2) is 4.48. The smallest absolute Gasteiger partial charge is 0.128 e. The SMILES string of the molecule is OC(c1cc(Cl)cc2c1OCC2)C1CCCN1. The number of rotatable bonds is 2. The van der Waals surface area contributed by atoms with Crippen LogP contribution in [0.3, 0.4) is 0 Å². The number of nitrogens with one attached hydrogen (secondary N) is 1. The fourth-order valence-corrected chi connectivity index (χ4v) is 2.96. The number of benzene rings is 1. The van der Waals surface area contributed by atoms with Crippen molar-refractivity contribution < 1.29 is 9.84 Å². The average Bonchev–Trinajstić information content (AvgIpc) is 2.97. The van der Waals surface area contributed by atoms with Crippen LogP contribution >= 0.6 is 11.6 Å². The van der Waals surface area contributed by atoms with Gasteiger partial charge in [0, 0.05) is 23.0 Å². The number of fused-ring (bicyclic) bond motifs is 1. The Morgan fingerprint density at radius 1 is 1.47 bits per heavy atom. The molecule has 1 aromatic carbocycles. The zero-order valence-corrected chi connectivity index (χ0v) is 10.3. The van der Waals surface area contributed by atoms with E-state index in [2.05, 4.69) is 5.32 Å². The van der Waals surface area contributed by atoms with Crippen molar-refractivity contribution in [3.8, 4) is 5.75 Å². The lowest BCUT2D eigenvalue weighted by Crippen LogP contribution is -2.29. The van der Waals surface area contributed by atoms with Crippen molar-refractivity contribution in [1.29, 1.82) is 0 Å². The van der Waals surface area contributed by atoms with Crippen molar-refractivity contribution in [2.75, 3.05) is 13.2 Å². The number of hydrogen-bond acceptors (Lipinski definition) is 3. The first kappa shape index (κ1) is 11.3. The summed E-state index contributed by atoms with van der Waals surface area (Å²) in [6.07, 6.45) is 2.48. The van der Waals surface area contributed by atoms with Crippen LogP contribution in [0.15, 0.2) is 12.1 Å². The van der Waals surface area contributed by atoms with Crippen molar-refractivity contribution in [2.24, 2.45) is 0 Å². The highest BCUT2D eigenvalue weighted by atomic mass is 35.5. The third kappa shape index (κ3) is 2.03. The minimum atomic E-state index is -0.525. The zero-order chi connectivity index (χ0) is 11.8. The minimum Gasteiger partial charge on any atom is -0.493 e. The van der Waals surface area contributed by atoms with Gasteiger partial charge in [0.2, 0.25) is 0 Å². The molecule has 2 unspecified atom stereocenters. The van der Waals surface area contributed by atoms with E-state index in [1.54, 1.807) is 0 Å². The number of aliphatic hydroxyl groups is 1. The van der Waals surface area contributed by atoms with Crippen LogP contribution < -0.4 is 10.1 Å². The summed E-state index contributed by atoms with van der Waals surface area (Å²) < 4.78 is 5.62. The van der Waals surface area contributed by atoms with Gasteiger partial charge in [0.05, 0.1) is 12.7 Å². The molecule has 2 heterocycles. The lowest BCUT2D eigenvalue weighted by molar-refractivity contribution is 0.134. The molecule has 3 nitrogen and oxygen atoms in total. The van der Waals surface area contributed by atoms with E-state index in [9.17, 15) is 5.11 Å². The lowest BCUT2D eigenvalue weighted by Gasteiger charge is -2.21. The Morgan fingerprint density at radius 2 is 2.35 bits per heavy atom. The summed E-state index contributed by atoms with van der Waals surface area (Å²) in [7, 11) is 0. The number of hydrogen-bond donors (Lipinski definition) is 2. The third-order valence-electron chi connectivity index (χ3n) is 3.58. The quantitative estimate of drug-likeness (QED) is 0.848. The molecular formula is C13H16ClNO2. The fourth-order valence-electron chi connectivity index (χ4n) is 2.72. The van der Waals surface area contributed by atoms with Crippen molar-refractivity contribution in [1.82, 2.24) is 5.32 Å². The largest absolute Gasteiger partial charge is 0.493 e. The third-order valence-corrected chi connectivity index (χ3v) is 3.79.